The summed E-state index contributed by atoms with van der Waals surface area (Å²) in [5.41, 5.74) is 2.13. The SMILES string of the molecule is CCOC(=O)c1c(C)n(CC)c2ccc(OC(=O)COc3ccc(Cl)cc3Cl)cc12. The van der Waals surface area contributed by atoms with E-state index in [1.54, 1.807) is 31.2 Å². The topological polar surface area (TPSA) is 66.8 Å². The lowest BCUT2D eigenvalue weighted by atomic mass is 10.1. The number of benzene rings is 2. The highest BCUT2D eigenvalue weighted by molar-refractivity contribution is 6.35. The van der Waals surface area contributed by atoms with Crippen LogP contribution < -0.4 is 9.47 Å². The fourth-order valence-electron chi connectivity index (χ4n) is 3.28. The Hall–Kier alpha value is -2.70. The maximum absolute atomic E-state index is 12.5. The first-order chi connectivity index (χ1) is 14.3. The molecule has 30 heavy (non-hydrogen) atoms. The van der Waals surface area contributed by atoms with Crippen molar-refractivity contribution in [3.63, 3.8) is 0 Å². The Kier molecular flexibility index (Phi) is 6.90. The first kappa shape index (κ1) is 22.0. The minimum atomic E-state index is -0.607. The van der Waals surface area contributed by atoms with Gasteiger partial charge in [-0.3, -0.25) is 0 Å². The second-order valence-electron chi connectivity index (χ2n) is 6.44. The second-order valence-corrected chi connectivity index (χ2v) is 7.29. The van der Waals surface area contributed by atoms with Gasteiger partial charge in [0.15, 0.2) is 6.61 Å². The van der Waals surface area contributed by atoms with Crippen LogP contribution >= 0.6 is 23.2 Å². The van der Waals surface area contributed by atoms with Gasteiger partial charge in [-0.25, -0.2) is 9.59 Å². The van der Waals surface area contributed by atoms with E-state index in [9.17, 15) is 9.59 Å². The number of fused-ring (bicyclic) bond motifs is 1. The number of hydrogen-bond donors (Lipinski definition) is 0. The van der Waals surface area contributed by atoms with Crippen molar-refractivity contribution in [1.82, 2.24) is 4.57 Å². The van der Waals surface area contributed by atoms with Crippen molar-refractivity contribution < 1.29 is 23.8 Å². The molecule has 3 rings (SSSR count). The Labute approximate surface area is 184 Å². The summed E-state index contributed by atoms with van der Waals surface area (Å²) in [6.45, 7) is 6.25. The number of rotatable bonds is 7. The molecule has 2 aromatic carbocycles. The second kappa shape index (κ2) is 9.41. The van der Waals surface area contributed by atoms with Crippen LogP contribution in [0.15, 0.2) is 36.4 Å². The van der Waals surface area contributed by atoms with E-state index in [0.29, 0.717) is 39.0 Å². The summed E-state index contributed by atoms with van der Waals surface area (Å²) >= 11 is 11.9. The lowest BCUT2D eigenvalue weighted by molar-refractivity contribution is -0.136. The zero-order valence-electron chi connectivity index (χ0n) is 16.8. The third-order valence-corrected chi connectivity index (χ3v) is 5.09. The predicted octanol–water partition coefficient (Wildman–Crippen LogP) is 5.44. The minimum absolute atomic E-state index is 0.274. The van der Waals surface area contributed by atoms with Gasteiger partial charge in [0, 0.05) is 28.2 Å². The van der Waals surface area contributed by atoms with Crippen LogP contribution in [-0.4, -0.2) is 29.7 Å². The molecule has 0 radical (unpaired) electrons. The number of carbonyl (C=O) groups excluding carboxylic acids is 2. The highest BCUT2D eigenvalue weighted by Crippen LogP contribution is 2.31. The van der Waals surface area contributed by atoms with E-state index in [0.717, 1.165) is 11.2 Å². The molecule has 0 saturated heterocycles. The quantitative estimate of drug-likeness (QED) is 0.354. The Morgan fingerprint density at radius 2 is 1.83 bits per heavy atom. The predicted molar refractivity (Wildman–Crippen MR) is 116 cm³/mol. The normalized spacial score (nSPS) is 10.8. The summed E-state index contributed by atoms with van der Waals surface area (Å²) in [5.74, 6) is -0.382. The number of aryl methyl sites for hydroxylation is 1. The van der Waals surface area contributed by atoms with Crippen molar-refractivity contribution in [1.29, 1.82) is 0 Å². The first-order valence-corrected chi connectivity index (χ1v) is 10.2. The Morgan fingerprint density at radius 1 is 1.07 bits per heavy atom. The number of aromatic nitrogens is 1. The first-order valence-electron chi connectivity index (χ1n) is 9.44. The summed E-state index contributed by atoms with van der Waals surface area (Å²) < 4.78 is 18.0. The van der Waals surface area contributed by atoms with Crippen molar-refractivity contribution >= 4 is 46.0 Å². The van der Waals surface area contributed by atoms with Gasteiger partial charge in [-0.2, -0.15) is 0 Å². The molecule has 0 fully saturated rings. The van der Waals surface area contributed by atoms with Crippen molar-refractivity contribution in [2.45, 2.75) is 27.3 Å². The van der Waals surface area contributed by atoms with E-state index in [1.807, 2.05) is 24.5 Å². The van der Waals surface area contributed by atoms with E-state index in [2.05, 4.69) is 0 Å². The number of esters is 2. The van der Waals surface area contributed by atoms with Crippen molar-refractivity contribution in [2.75, 3.05) is 13.2 Å². The van der Waals surface area contributed by atoms with Crippen LogP contribution in [0.25, 0.3) is 10.9 Å². The van der Waals surface area contributed by atoms with Gasteiger partial charge in [-0.05, 0) is 57.2 Å². The molecule has 3 aromatic rings. The maximum Gasteiger partial charge on any atom is 0.349 e. The summed E-state index contributed by atoms with van der Waals surface area (Å²) in [6.07, 6.45) is 0. The molecular formula is C22H21Cl2NO5. The summed E-state index contributed by atoms with van der Waals surface area (Å²) in [5, 5.41) is 1.43. The van der Waals surface area contributed by atoms with Gasteiger partial charge in [0.2, 0.25) is 0 Å². The van der Waals surface area contributed by atoms with E-state index in [-0.39, 0.29) is 13.2 Å². The number of nitrogens with zero attached hydrogens (tertiary/aromatic N) is 1. The summed E-state index contributed by atoms with van der Waals surface area (Å²) in [6, 6.07) is 9.86. The fraction of sp³-hybridized carbons (Fsp3) is 0.273. The van der Waals surface area contributed by atoms with Gasteiger partial charge < -0.3 is 18.8 Å². The third-order valence-electron chi connectivity index (χ3n) is 4.56. The standard InChI is InChI=1S/C22H21Cl2NO5/c1-4-25-13(3)21(22(27)28-5-2)16-11-15(7-8-18(16)25)30-20(26)12-29-19-9-6-14(23)10-17(19)24/h6-11H,4-5,12H2,1-3H3. The molecule has 0 aliphatic carbocycles. The Balaban J connectivity index is 1.81. The highest BCUT2D eigenvalue weighted by Gasteiger charge is 2.21. The maximum atomic E-state index is 12.5. The monoisotopic (exact) mass is 449 g/mol. The number of carbonyl (C=O) groups is 2. The van der Waals surface area contributed by atoms with Gasteiger partial charge in [-0.1, -0.05) is 23.2 Å². The molecule has 6 nitrogen and oxygen atoms in total. The molecule has 1 aromatic heterocycles. The molecule has 1 heterocycles. The molecule has 0 aliphatic heterocycles. The van der Waals surface area contributed by atoms with Crippen LogP contribution in [0.3, 0.4) is 0 Å². The van der Waals surface area contributed by atoms with E-state index >= 15 is 0 Å². The van der Waals surface area contributed by atoms with Crippen LogP contribution in [0, 0.1) is 6.92 Å². The molecule has 0 N–H and O–H groups in total. The molecule has 0 spiro atoms. The van der Waals surface area contributed by atoms with Crippen LogP contribution in [0.1, 0.15) is 29.9 Å². The molecule has 0 amide bonds. The van der Waals surface area contributed by atoms with Gasteiger partial charge in [0.25, 0.3) is 0 Å². The minimum Gasteiger partial charge on any atom is -0.480 e. The van der Waals surface area contributed by atoms with E-state index < -0.39 is 11.9 Å². The van der Waals surface area contributed by atoms with Crippen molar-refractivity contribution in [3.05, 3.63) is 57.7 Å². The number of ether oxygens (including phenoxy) is 3. The van der Waals surface area contributed by atoms with Crippen LogP contribution in [0.4, 0.5) is 0 Å². The molecule has 0 saturated carbocycles. The fourth-order valence-corrected chi connectivity index (χ4v) is 3.75. The zero-order chi connectivity index (χ0) is 21.8. The van der Waals surface area contributed by atoms with E-state index in [4.69, 9.17) is 37.4 Å². The molecule has 0 aliphatic rings. The lowest BCUT2D eigenvalue weighted by Gasteiger charge is -2.09. The average molecular weight is 450 g/mol. The number of halogens is 2. The molecule has 8 heteroatoms. The lowest BCUT2D eigenvalue weighted by Crippen LogP contribution is -2.17. The van der Waals surface area contributed by atoms with Gasteiger partial charge >= 0.3 is 11.9 Å². The Morgan fingerprint density at radius 3 is 2.50 bits per heavy atom. The zero-order valence-corrected chi connectivity index (χ0v) is 18.3. The van der Waals surface area contributed by atoms with Crippen molar-refractivity contribution in [3.8, 4) is 11.5 Å². The van der Waals surface area contributed by atoms with Gasteiger partial charge in [0.05, 0.1) is 17.2 Å². The van der Waals surface area contributed by atoms with Gasteiger partial charge in [-0.15, -0.1) is 0 Å². The van der Waals surface area contributed by atoms with Crippen LogP contribution in [0.2, 0.25) is 10.0 Å². The highest BCUT2D eigenvalue weighted by atomic mass is 35.5. The largest absolute Gasteiger partial charge is 0.480 e. The van der Waals surface area contributed by atoms with E-state index in [1.165, 1.54) is 6.07 Å². The molecule has 0 atom stereocenters. The molecule has 0 unspecified atom stereocenters. The van der Waals surface area contributed by atoms with Crippen molar-refractivity contribution in [2.24, 2.45) is 0 Å². The Bertz CT molecular complexity index is 1110. The van der Waals surface area contributed by atoms with Gasteiger partial charge in [0.1, 0.15) is 11.5 Å². The molecule has 158 valence electrons. The smallest absolute Gasteiger partial charge is 0.349 e. The number of hydrogen-bond acceptors (Lipinski definition) is 5. The average Bonchev–Trinajstić information content (AvgIpc) is 2.98. The summed E-state index contributed by atoms with van der Waals surface area (Å²) in [7, 11) is 0. The van der Waals surface area contributed by atoms with Crippen LogP contribution in [0.5, 0.6) is 11.5 Å². The molecule has 0 bridgehead atoms. The summed E-state index contributed by atoms with van der Waals surface area (Å²) in [4.78, 5) is 24.7. The molecular weight excluding hydrogens is 429 g/mol. The third kappa shape index (κ3) is 4.55. The van der Waals surface area contributed by atoms with Crippen LogP contribution in [-0.2, 0) is 16.1 Å².